The van der Waals surface area contributed by atoms with E-state index in [2.05, 4.69) is 22.9 Å². The molecule has 0 amide bonds. The summed E-state index contributed by atoms with van der Waals surface area (Å²) < 4.78 is 1.60. The molecule has 1 atom stereocenters. The van der Waals surface area contributed by atoms with Crippen LogP contribution in [0.2, 0.25) is 0 Å². The first-order valence-corrected chi connectivity index (χ1v) is 9.73. The molecule has 0 bridgehead atoms. The summed E-state index contributed by atoms with van der Waals surface area (Å²) in [6.45, 7) is 3.33. The van der Waals surface area contributed by atoms with Gasteiger partial charge in [-0.15, -0.1) is 0 Å². The molecule has 1 unspecified atom stereocenters. The Morgan fingerprint density at radius 3 is 2.63 bits per heavy atom. The largest absolute Gasteiger partial charge is 0.372 e. The van der Waals surface area contributed by atoms with Crippen molar-refractivity contribution in [3.8, 4) is 0 Å². The third-order valence-corrected chi connectivity index (χ3v) is 5.58. The molecule has 30 heavy (non-hydrogen) atoms. The maximum Gasteiger partial charge on any atom is 0.293 e. The molecule has 1 aliphatic heterocycles. The average molecular weight is 405 g/mol. The quantitative estimate of drug-likeness (QED) is 0.376. The van der Waals surface area contributed by atoms with Gasteiger partial charge in [-0.1, -0.05) is 18.2 Å². The van der Waals surface area contributed by atoms with Gasteiger partial charge < -0.3 is 14.4 Å². The Kier molecular flexibility index (Phi) is 4.99. The molecule has 0 saturated heterocycles. The third-order valence-electron chi connectivity index (χ3n) is 5.58. The summed E-state index contributed by atoms with van der Waals surface area (Å²) in [7, 11) is 3.75. The van der Waals surface area contributed by atoms with Crippen LogP contribution in [-0.4, -0.2) is 39.9 Å². The molecular formula is C22H23N5O3. The molecule has 4 rings (SSSR count). The highest BCUT2D eigenvalue weighted by molar-refractivity contribution is 6.07. The van der Waals surface area contributed by atoms with Crippen molar-refractivity contribution >= 4 is 22.8 Å². The summed E-state index contributed by atoms with van der Waals surface area (Å²) in [6.07, 6.45) is 3.20. The van der Waals surface area contributed by atoms with Gasteiger partial charge in [-0.3, -0.25) is 14.9 Å². The minimum absolute atomic E-state index is 0.0391. The SMILES string of the molecule is CC1CN(C)c2ccccc2CN1c1ccc(C(=O)c2nccn2C)cc1[N+](=O)[O-]. The Balaban J connectivity index is 1.76. The average Bonchev–Trinajstić information content (AvgIpc) is 3.11. The molecule has 2 heterocycles. The van der Waals surface area contributed by atoms with E-state index in [1.165, 1.54) is 12.3 Å². The Morgan fingerprint density at radius 1 is 1.17 bits per heavy atom. The van der Waals surface area contributed by atoms with Crippen LogP contribution in [0.3, 0.4) is 0 Å². The van der Waals surface area contributed by atoms with Crippen LogP contribution in [0, 0.1) is 10.1 Å². The van der Waals surface area contributed by atoms with E-state index in [0.29, 0.717) is 12.2 Å². The van der Waals surface area contributed by atoms with Crippen LogP contribution in [0.15, 0.2) is 54.9 Å². The maximum atomic E-state index is 12.8. The third kappa shape index (κ3) is 3.41. The van der Waals surface area contributed by atoms with Gasteiger partial charge in [0, 0.05) is 62.9 Å². The van der Waals surface area contributed by atoms with Gasteiger partial charge in [0.05, 0.1) is 4.92 Å². The van der Waals surface area contributed by atoms with E-state index in [1.54, 1.807) is 29.9 Å². The number of nitro groups is 1. The molecule has 0 aliphatic carbocycles. The number of hydrogen-bond acceptors (Lipinski definition) is 6. The minimum atomic E-state index is -0.419. The number of hydrogen-bond donors (Lipinski definition) is 0. The summed E-state index contributed by atoms with van der Waals surface area (Å²) >= 11 is 0. The first kappa shape index (κ1) is 19.6. The van der Waals surface area contributed by atoms with Gasteiger partial charge in [0.15, 0.2) is 5.82 Å². The molecule has 1 aliphatic rings. The Labute approximate surface area is 174 Å². The number of aromatic nitrogens is 2. The van der Waals surface area contributed by atoms with E-state index in [0.717, 1.165) is 17.8 Å². The van der Waals surface area contributed by atoms with Crippen molar-refractivity contribution in [3.05, 3.63) is 81.9 Å². The zero-order valence-electron chi connectivity index (χ0n) is 17.1. The predicted octanol–water partition coefficient (Wildman–Crippen LogP) is 3.40. The van der Waals surface area contributed by atoms with Gasteiger partial charge >= 0.3 is 0 Å². The van der Waals surface area contributed by atoms with Gasteiger partial charge in [0.1, 0.15) is 5.69 Å². The van der Waals surface area contributed by atoms with Crippen LogP contribution in [0.25, 0.3) is 0 Å². The van der Waals surface area contributed by atoms with Crippen molar-refractivity contribution in [3.63, 3.8) is 0 Å². The second kappa shape index (κ2) is 7.62. The second-order valence-electron chi connectivity index (χ2n) is 7.64. The first-order chi connectivity index (χ1) is 14.4. The predicted molar refractivity (Wildman–Crippen MR) is 115 cm³/mol. The number of likely N-dealkylation sites (N-methyl/N-ethyl adjacent to an activating group) is 1. The molecular weight excluding hydrogens is 382 g/mol. The summed E-state index contributed by atoms with van der Waals surface area (Å²) in [5, 5.41) is 11.9. The fraction of sp³-hybridized carbons (Fsp3) is 0.273. The van der Waals surface area contributed by atoms with Crippen LogP contribution >= 0.6 is 0 Å². The van der Waals surface area contributed by atoms with Crippen molar-refractivity contribution in [1.29, 1.82) is 0 Å². The number of rotatable bonds is 4. The van der Waals surface area contributed by atoms with Crippen LogP contribution in [-0.2, 0) is 13.6 Å². The van der Waals surface area contributed by atoms with Crippen molar-refractivity contribution < 1.29 is 9.72 Å². The summed E-state index contributed by atoms with van der Waals surface area (Å²) in [6, 6.07) is 12.8. The zero-order chi connectivity index (χ0) is 21.4. The highest BCUT2D eigenvalue weighted by atomic mass is 16.6. The Morgan fingerprint density at radius 2 is 1.93 bits per heavy atom. The molecule has 1 aromatic heterocycles. The van der Waals surface area contributed by atoms with Crippen LogP contribution < -0.4 is 9.80 Å². The highest BCUT2D eigenvalue weighted by Gasteiger charge is 2.29. The monoisotopic (exact) mass is 405 g/mol. The molecule has 0 saturated carbocycles. The maximum absolute atomic E-state index is 12.8. The smallest absolute Gasteiger partial charge is 0.293 e. The number of anilines is 2. The van der Waals surface area contributed by atoms with Gasteiger partial charge in [-0.2, -0.15) is 0 Å². The normalized spacial score (nSPS) is 16.2. The number of para-hydroxylation sites is 1. The fourth-order valence-electron chi connectivity index (χ4n) is 4.04. The lowest BCUT2D eigenvalue weighted by molar-refractivity contribution is -0.384. The van der Waals surface area contributed by atoms with Crippen LogP contribution in [0.1, 0.15) is 28.7 Å². The van der Waals surface area contributed by atoms with E-state index in [1.807, 2.05) is 30.1 Å². The molecule has 154 valence electrons. The molecule has 0 radical (unpaired) electrons. The number of imidazole rings is 1. The van der Waals surface area contributed by atoms with Crippen molar-refractivity contribution in [1.82, 2.24) is 9.55 Å². The van der Waals surface area contributed by atoms with Crippen LogP contribution in [0.5, 0.6) is 0 Å². The summed E-state index contributed by atoms with van der Waals surface area (Å²) in [5.74, 6) is -0.0955. The highest BCUT2D eigenvalue weighted by Crippen LogP contribution is 2.35. The van der Waals surface area contributed by atoms with Gasteiger partial charge in [-0.05, 0) is 30.7 Å². The van der Waals surface area contributed by atoms with E-state index in [4.69, 9.17) is 0 Å². The molecule has 8 nitrogen and oxygen atoms in total. The molecule has 2 aromatic carbocycles. The van der Waals surface area contributed by atoms with E-state index >= 15 is 0 Å². The number of benzene rings is 2. The number of ketones is 1. The lowest BCUT2D eigenvalue weighted by Crippen LogP contribution is -2.38. The number of nitrogens with zero attached hydrogens (tertiary/aromatic N) is 5. The Bertz CT molecular complexity index is 1120. The first-order valence-electron chi connectivity index (χ1n) is 9.73. The summed E-state index contributed by atoms with van der Waals surface area (Å²) in [5.41, 5.74) is 2.90. The topological polar surface area (TPSA) is 84.5 Å². The molecule has 0 spiro atoms. The molecule has 3 aromatic rings. The number of nitro benzene ring substituents is 1. The lowest BCUT2D eigenvalue weighted by atomic mass is 10.1. The molecule has 8 heteroatoms. The molecule has 0 fully saturated rings. The Hall–Kier alpha value is -3.68. The van der Waals surface area contributed by atoms with Crippen molar-refractivity contribution in [2.45, 2.75) is 19.5 Å². The number of carbonyl (C=O) groups is 1. The number of aryl methyl sites for hydroxylation is 1. The van der Waals surface area contributed by atoms with E-state index in [9.17, 15) is 14.9 Å². The van der Waals surface area contributed by atoms with Gasteiger partial charge in [-0.25, -0.2) is 4.98 Å². The second-order valence-corrected chi connectivity index (χ2v) is 7.64. The van der Waals surface area contributed by atoms with Gasteiger partial charge in [0.25, 0.3) is 5.69 Å². The van der Waals surface area contributed by atoms with Crippen molar-refractivity contribution in [2.24, 2.45) is 7.05 Å². The van der Waals surface area contributed by atoms with Crippen molar-refractivity contribution in [2.75, 3.05) is 23.4 Å². The lowest BCUT2D eigenvalue weighted by Gasteiger charge is -2.30. The number of carbonyl (C=O) groups excluding carboxylic acids is 1. The fourth-order valence-corrected chi connectivity index (χ4v) is 4.04. The van der Waals surface area contributed by atoms with E-state index < -0.39 is 4.92 Å². The summed E-state index contributed by atoms with van der Waals surface area (Å²) in [4.78, 5) is 32.6. The van der Waals surface area contributed by atoms with E-state index in [-0.39, 0.29) is 28.9 Å². The molecule has 0 N–H and O–H groups in total. The number of fused-ring (bicyclic) bond motifs is 1. The van der Waals surface area contributed by atoms with Gasteiger partial charge in [0.2, 0.25) is 5.78 Å². The minimum Gasteiger partial charge on any atom is -0.372 e. The standard InChI is InChI=1S/C22H23N5O3/c1-15-13-25(3)18-7-5-4-6-17(18)14-26(15)19-9-8-16(12-20(19)27(29)30)21(28)22-23-10-11-24(22)2/h4-12,15H,13-14H2,1-3H3. The van der Waals surface area contributed by atoms with Crippen LogP contribution in [0.4, 0.5) is 17.1 Å². The zero-order valence-corrected chi connectivity index (χ0v) is 17.1.